The van der Waals surface area contributed by atoms with Gasteiger partial charge in [0.2, 0.25) is 0 Å². The molecule has 2 aliphatic rings. The average Bonchev–Trinajstić information content (AvgIpc) is 2.99. The molecule has 0 aromatic heterocycles. The molecule has 0 aliphatic heterocycles. The van der Waals surface area contributed by atoms with Gasteiger partial charge in [0.15, 0.2) is 0 Å². The van der Waals surface area contributed by atoms with Crippen LogP contribution in [0.25, 0.3) is 0 Å². The summed E-state index contributed by atoms with van der Waals surface area (Å²) in [5.41, 5.74) is 3.27. The van der Waals surface area contributed by atoms with Crippen LogP contribution in [0.1, 0.15) is 42.4 Å². The molecule has 104 valence electrons. The van der Waals surface area contributed by atoms with Crippen LogP contribution in [-0.2, 0) is 6.61 Å². The van der Waals surface area contributed by atoms with Crippen molar-refractivity contribution in [3.05, 3.63) is 28.8 Å². The van der Waals surface area contributed by atoms with Gasteiger partial charge in [0, 0.05) is 0 Å². The van der Waals surface area contributed by atoms with Crippen molar-refractivity contribution in [1.29, 1.82) is 0 Å². The van der Waals surface area contributed by atoms with Crippen molar-refractivity contribution in [1.82, 2.24) is 0 Å². The van der Waals surface area contributed by atoms with Gasteiger partial charge >= 0.3 is 0 Å². The van der Waals surface area contributed by atoms with E-state index in [4.69, 9.17) is 4.74 Å². The number of rotatable bonds is 4. The summed E-state index contributed by atoms with van der Waals surface area (Å²) in [6.45, 7) is 5.13. The highest BCUT2D eigenvalue weighted by molar-refractivity contribution is 5.43. The molecule has 2 saturated carbocycles. The molecular weight excluding hydrogens is 236 g/mol. The van der Waals surface area contributed by atoms with Crippen molar-refractivity contribution in [3.63, 3.8) is 0 Å². The largest absolute Gasteiger partial charge is 0.493 e. The first-order chi connectivity index (χ1) is 9.17. The number of ether oxygens (including phenoxy) is 1. The summed E-state index contributed by atoms with van der Waals surface area (Å²) < 4.78 is 6.12. The standard InChI is InChI=1S/C17H24O2/c1-11-5-14(9-18)6-12(2)17(11)19-10-16-8-13-3-4-15(16)7-13/h5-6,13,15-16,18H,3-4,7-10H2,1-2H3. The van der Waals surface area contributed by atoms with Gasteiger partial charge in [-0.15, -0.1) is 0 Å². The van der Waals surface area contributed by atoms with Crippen molar-refractivity contribution in [2.24, 2.45) is 17.8 Å². The molecule has 3 unspecified atom stereocenters. The topological polar surface area (TPSA) is 29.5 Å². The average molecular weight is 260 g/mol. The Morgan fingerprint density at radius 1 is 1.16 bits per heavy atom. The molecule has 3 atom stereocenters. The molecule has 2 nitrogen and oxygen atoms in total. The predicted molar refractivity (Wildman–Crippen MR) is 76.3 cm³/mol. The summed E-state index contributed by atoms with van der Waals surface area (Å²) in [5.74, 6) is 3.70. The fraction of sp³-hybridized carbons (Fsp3) is 0.647. The molecule has 1 aromatic carbocycles. The van der Waals surface area contributed by atoms with Crippen LogP contribution < -0.4 is 4.74 Å². The second-order valence-corrected chi connectivity index (χ2v) is 6.46. The van der Waals surface area contributed by atoms with E-state index in [1.165, 1.54) is 25.7 Å². The molecule has 2 aliphatic carbocycles. The predicted octanol–water partition coefficient (Wildman–Crippen LogP) is 3.61. The number of hydrogen-bond acceptors (Lipinski definition) is 2. The van der Waals surface area contributed by atoms with E-state index in [9.17, 15) is 5.11 Å². The van der Waals surface area contributed by atoms with Gasteiger partial charge in [0.1, 0.15) is 5.75 Å². The summed E-state index contributed by atoms with van der Waals surface area (Å²) in [7, 11) is 0. The zero-order chi connectivity index (χ0) is 13.4. The third-order valence-corrected chi connectivity index (χ3v) is 5.03. The Morgan fingerprint density at radius 3 is 2.42 bits per heavy atom. The highest BCUT2D eigenvalue weighted by Gasteiger charge is 2.39. The number of benzene rings is 1. The second-order valence-electron chi connectivity index (χ2n) is 6.46. The van der Waals surface area contributed by atoms with Crippen molar-refractivity contribution in [3.8, 4) is 5.75 Å². The van der Waals surface area contributed by atoms with Gasteiger partial charge in [0.05, 0.1) is 13.2 Å². The lowest BCUT2D eigenvalue weighted by Gasteiger charge is -2.23. The Kier molecular flexibility index (Phi) is 3.53. The van der Waals surface area contributed by atoms with Crippen LogP contribution >= 0.6 is 0 Å². The lowest BCUT2D eigenvalue weighted by molar-refractivity contribution is 0.193. The van der Waals surface area contributed by atoms with E-state index in [1.807, 2.05) is 12.1 Å². The third kappa shape index (κ3) is 2.51. The quantitative estimate of drug-likeness (QED) is 0.896. The Hall–Kier alpha value is -1.02. The van der Waals surface area contributed by atoms with Crippen molar-refractivity contribution < 1.29 is 9.84 Å². The van der Waals surface area contributed by atoms with E-state index in [-0.39, 0.29) is 6.61 Å². The van der Waals surface area contributed by atoms with Gasteiger partial charge < -0.3 is 9.84 Å². The van der Waals surface area contributed by atoms with Crippen LogP contribution in [-0.4, -0.2) is 11.7 Å². The monoisotopic (exact) mass is 260 g/mol. The zero-order valence-corrected chi connectivity index (χ0v) is 12.0. The lowest BCUT2D eigenvalue weighted by atomic mass is 9.89. The van der Waals surface area contributed by atoms with Gasteiger partial charge in [-0.2, -0.15) is 0 Å². The van der Waals surface area contributed by atoms with E-state index < -0.39 is 0 Å². The fourth-order valence-corrected chi connectivity index (χ4v) is 4.13. The molecule has 19 heavy (non-hydrogen) atoms. The first-order valence-electron chi connectivity index (χ1n) is 7.51. The summed E-state index contributed by atoms with van der Waals surface area (Å²) in [6.07, 6.45) is 5.68. The summed E-state index contributed by atoms with van der Waals surface area (Å²) in [6, 6.07) is 4.06. The highest BCUT2D eigenvalue weighted by Crippen LogP contribution is 2.48. The van der Waals surface area contributed by atoms with Crippen LogP contribution in [0, 0.1) is 31.6 Å². The maximum atomic E-state index is 9.21. The van der Waals surface area contributed by atoms with Crippen LogP contribution in [0.3, 0.4) is 0 Å². The maximum absolute atomic E-state index is 9.21. The van der Waals surface area contributed by atoms with E-state index in [0.29, 0.717) is 0 Å². The number of aliphatic hydroxyl groups is 1. The zero-order valence-electron chi connectivity index (χ0n) is 12.0. The minimum absolute atomic E-state index is 0.105. The molecule has 0 radical (unpaired) electrons. The van der Waals surface area contributed by atoms with Crippen molar-refractivity contribution in [2.75, 3.05) is 6.61 Å². The third-order valence-electron chi connectivity index (χ3n) is 5.03. The Bertz CT molecular complexity index is 443. The van der Waals surface area contributed by atoms with Crippen LogP contribution in [0.15, 0.2) is 12.1 Å². The van der Waals surface area contributed by atoms with Gasteiger partial charge in [-0.3, -0.25) is 0 Å². The van der Waals surface area contributed by atoms with Crippen LogP contribution in [0.5, 0.6) is 5.75 Å². The minimum Gasteiger partial charge on any atom is -0.493 e. The summed E-state index contributed by atoms with van der Waals surface area (Å²) in [5, 5.41) is 9.21. The maximum Gasteiger partial charge on any atom is 0.125 e. The van der Waals surface area contributed by atoms with Gasteiger partial charge in [-0.25, -0.2) is 0 Å². The van der Waals surface area contributed by atoms with E-state index in [1.54, 1.807) is 0 Å². The molecular formula is C17H24O2. The smallest absolute Gasteiger partial charge is 0.125 e. The summed E-state index contributed by atoms with van der Waals surface area (Å²) in [4.78, 5) is 0. The molecule has 0 amide bonds. The van der Waals surface area contributed by atoms with Gasteiger partial charge in [-0.05, 0) is 67.6 Å². The summed E-state index contributed by atoms with van der Waals surface area (Å²) >= 11 is 0. The van der Waals surface area contributed by atoms with E-state index >= 15 is 0 Å². The number of hydrogen-bond donors (Lipinski definition) is 1. The minimum atomic E-state index is 0.105. The Balaban J connectivity index is 1.67. The van der Waals surface area contributed by atoms with E-state index in [2.05, 4.69) is 13.8 Å². The lowest BCUT2D eigenvalue weighted by Crippen LogP contribution is -2.19. The number of fused-ring (bicyclic) bond motifs is 2. The molecule has 1 N–H and O–H groups in total. The van der Waals surface area contributed by atoms with Crippen molar-refractivity contribution in [2.45, 2.75) is 46.1 Å². The van der Waals surface area contributed by atoms with Crippen LogP contribution in [0.4, 0.5) is 0 Å². The number of aliphatic hydroxyl groups excluding tert-OH is 1. The normalized spacial score (nSPS) is 28.9. The number of aryl methyl sites for hydroxylation is 2. The molecule has 2 fully saturated rings. The molecule has 0 saturated heterocycles. The van der Waals surface area contributed by atoms with Crippen LogP contribution in [0.2, 0.25) is 0 Å². The molecule has 0 heterocycles. The van der Waals surface area contributed by atoms with E-state index in [0.717, 1.165) is 46.8 Å². The molecule has 0 spiro atoms. The molecule has 1 aromatic rings. The first kappa shape index (κ1) is 13.0. The SMILES string of the molecule is Cc1cc(CO)cc(C)c1OCC1CC2CCC1C2. The second kappa shape index (κ2) is 5.16. The Morgan fingerprint density at radius 2 is 1.89 bits per heavy atom. The molecule has 3 rings (SSSR count). The van der Waals surface area contributed by atoms with Gasteiger partial charge in [0.25, 0.3) is 0 Å². The first-order valence-corrected chi connectivity index (χ1v) is 7.51. The fourth-order valence-electron chi connectivity index (χ4n) is 4.13. The molecule has 2 bridgehead atoms. The molecule has 2 heteroatoms. The van der Waals surface area contributed by atoms with Gasteiger partial charge in [-0.1, -0.05) is 18.6 Å². The Labute approximate surface area is 115 Å². The van der Waals surface area contributed by atoms with Crippen molar-refractivity contribution >= 4 is 0 Å². The highest BCUT2D eigenvalue weighted by atomic mass is 16.5.